The predicted molar refractivity (Wildman–Crippen MR) is 79.5 cm³/mol. The van der Waals surface area contributed by atoms with Crippen LogP contribution in [0.25, 0.3) is 0 Å². The Hall–Kier alpha value is -2.75. The number of halogens is 1. The fraction of sp³-hybridized carbons (Fsp3) is 0.0588. The summed E-state index contributed by atoms with van der Waals surface area (Å²) in [5.41, 5.74) is 3.01. The number of rotatable bonds is 1. The maximum absolute atomic E-state index is 14.2. The predicted octanol–water partition coefficient (Wildman–Crippen LogP) is 3.55. The Labute approximate surface area is 121 Å². The van der Waals surface area contributed by atoms with Crippen LogP contribution in [0.15, 0.2) is 65.9 Å². The highest BCUT2D eigenvalue weighted by Gasteiger charge is 2.20. The van der Waals surface area contributed by atoms with Crippen LogP contribution >= 0.6 is 0 Å². The average molecular weight is 277 g/mol. The van der Waals surface area contributed by atoms with E-state index in [1.807, 2.05) is 41.1 Å². The van der Waals surface area contributed by atoms with Gasteiger partial charge in [0, 0.05) is 18.0 Å². The molecule has 0 bridgehead atoms. The molecule has 0 amide bonds. The van der Waals surface area contributed by atoms with Crippen molar-refractivity contribution in [3.63, 3.8) is 0 Å². The standard InChI is InChI=1S/C17H12FN3/c18-14-7-3-2-6-13(14)16-17-19-9-10-21(17)11-12-5-1-4-8-15(12)20-16/h1-10H,11H2. The molecule has 0 atom stereocenters. The van der Waals surface area contributed by atoms with E-state index in [9.17, 15) is 4.39 Å². The highest BCUT2D eigenvalue weighted by Crippen LogP contribution is 2.27. The van der Waals surface area contributed by atoms with E-state index in [1.165, 1.54) is 6.07 Å². The molecule has 3 aromatic rings. The number of nitrogens with zero attached hydrogens (tertiary/aromatic N) is 3. The fourth-order valence-corrected chi connectivity index (χ4v) is 2.60. The van der Waals surface area contributed by atoms with E-state index in [2.05, 4.69) is 9.98 Å². The SMILES string of the molecule is Fc1ccccc1C1=Nc2ccccc2Cn2ccnc21. The Bertz CT molecular complexity index is 849. The summed E-state index contributed by atoms with van der Waals surface area (Å²) in [6, 6.07) is 14.6. The van der Waals surface area contributed by atoms with Crippen molar-refractivity contribution in [2.45, 2.75) is 6.54 Å². The molecule has 102 valence electrons. The summed E-state index contributed by atoms with van der Waals surface area (Å²) in [6.07, 6.45) is 3.62. The molecular weight excluding hydrogens is 265 g/mol. The van der Waals surface area contributed by atoms with Gasteiger partial charge in [-0.3, -0.25) is 0 Å². The summed E-state index contributed by atoms with van der Waals surface area (Å²) in [6.45, 7) is 0.687. The van der Waals surface area contributed by atoms with E-state index < -0.39 is 0 Å². The van der Waals surface area contributed by atoms with Gasteiger partial charge in [0.15, 0.2) is 5.82 Å². The first-order valence-corrected chi connectivity index (χ1v) is 6.76. The normalized spacial score (nSPS) is 13.1. The van der Waals surface area contributed by atoms with Gasteiger partial charge in [0.2, 0.25) is 0 Å². The molecule has 21 heavy (non-hydrogen) atoms. The van der Waals surface area contributed by atoms with Gasteiger partial charge >= 0.3 is 0 Å². The third kappa shape index (κ3) is 1.96. The molecule has 0 N–H and O–H groups in total. The molecule has 1 aliphatic heterocycles. The van der Waals surface area contributed by atoms with Crippen LogP contribution in [0.2, 0.25) is 0 Å². The van der Waals surface area contributed by atoms with Crippen LogP contribution in [0, 0.1) is 5.82 Å². The molecule has 0 aliphatic carbocycles. The van der Waals surface area contributed by atoms with Gasteiger partial charge in [-0.15, -0.1) is 0 Å². The molecule has 3 nitrogen and oxygen atoms in total. The molecule has 2 heterocycles. The lowest BCUT2D eigenvalue weighted by Gasteiger charge is -2.07. The number of aromatic nitrogens is 2. The Kier molecular flexibility index (Phi) is 2.67. The van der Waals surface area contributed by atoms with Crippen molar-refractivity contribution >= 4 is 11.4 Å². The van der Waals surface area contributed by atoms with Gasteiger partial charge in [-0.1, -0.05) is 30.3 Å². The molecule has 0 fully saturated rings. The first-order valence-electron chi connectivity index (χ1n) is 6.76. The topological polar surface area (TPSA) is 30.2 Å². The quantitative estimate of drug-likeness (QED) is 0.523. The van der Waals surface area contributed by atoms with Gasteiger partial charge in [0.05, 0.1) is 12.2 Å². The molecule has 0 radical (unpaired) electrons. The monoisotopic (exact) mass is 277 g/mol. The van der Waals surface area contributed by atoms with Gasteiger partial charge in [-0.25, -0.2) is 14.4 Å². The lowest BCUT2D eigenvalue weighted by atomic mass is 10.1. The van der Waals surface area contributed by atoms with Crippen molar-refractivity contribution in [2.75, 3.05) is 0 Å². The summed E-state index contributed by atoms with van der Waals surface area (Å²) < 4.78 is 16.2. The molecule has 0 saturated heterocycles. The molecule has 2 aromatic carbocycles. The van der Waals surface area contributed by atoms with Crippen LogP contribution < -0.4 is 0 Å². The summed E-state index contributed by atoms with van der Waals surface area (Å²) in [7, 11) is 0. The first-order chi connectivity index (χ1) is 10.3. The van der Waals surface area contributed by atoms with Gasteiger partial charge in [-0.2, -0.15) is 0 Å². The average Bonchev–Trinajstić information content (AvgIpc) is 2.89. The van der Waals surface area contributed by atoms with Gasteiger partial charge in [0.1, 0.15) is 11.5 Å². The van der Waals surface area contributed by atoms with Crippen molar-refractivity contribution in [1.29, 1.82) is 0 Å². The molecule has 0 saturated carbocycles. The number of hydrogen-bond donors (Lipinski definition) is 0. The Morgan fingerprint density at radius 3 is 2.71 bits per heavy atom. The zero-order chi connectivity index (χ0) is 14.2. The summed E-state index contributed by atoms with van der Waals surface area (Å²) in [5.74, 6) is 0.404. The van der Waals surface area contributed by atoms with E-state index in [4.69, 9.17) is 0 Å². The highest BCUT2D eigenvalue weighted by molar-refractivity contribution is 6.12. The van der Waals surface area contributed by atoms with Crippen LogP contribution in [-0.4, -0.2) is 15.3 Å². The molecule has 4 rings (SSSR count). The maximum atomic E-state index is 14.2. The second kappa shape index (κ2) is 4.66. The third-order valence-corrected chi connectivity index (χ3v) is 3.62. The van der Waals surface area contributed by atoms with Crippen molar-refractivity contribution in [3.8, 4) is 0 Å². The zero-order valence-corrected chi connectivity index (χ0v) is 11.2. The molecule has 4 heteroatoms. The van der Waals surface area contributed by atoms with E-state index in [1.54, 1.807) is 18.3 Å². The van der Waals surface area contributed by atoms with Crippen LogP contribution in [0.3, 0.4) is 0 Å². The lowest BCUT2D eigenvalue weighted by molar-refractivity contribution is 0.625. The Morgan fingerprint density at radius 2 is 1.81 bits per heavy atom. The van der Waals surface area contributed by atoms with Gasteiger partial charge in [-0.05, 0) is 23.8 Å². The van der Waals surface area contributed by atoms with Crippen molar-refractivity contribution in [1.82, 2.24) is 9.55 Å². The second-order valence-corrected chi connectivity index (χ2v) is 4.95. The molecular formula is C17H12FN3. The first kappa shape index (κ1) is 12.0. The molecule has 1 aromatic heterocycles. The molecule has 0 spiro atoms. The smallest absolute Gasteiger partial charge is 0.159 e. The molecule has 1 aliphatic rings. The maximum Gasteiger partial charge on any atom is 0.159 e. The zero-order valence-electron chi connectivity index (χ0n) is 11.2. The van der Waals surface area contributed by atoms with Crippen LogP contribution in [0.4, 0.5) is 10.1 Å². The van der Waals surface area contributed by atoms with Crippen molar-refractivity contribution in [3.05, 3.63) is 83.7 Å². The van der Waals surface area contributed by atoms with Crippen molar-refractivity contribution < 1.29 is 4.39 Å². The number of aliphatic imine (C=N–C) groups is 1. The minimum atomic E-state index is -0.287. The van der Waals surface area contributed by atoms with Crippen LogP contribution in [0.1, 0.15) is 17.0 Å². The number of fused-ring (bicyclic) bond motifs is 2. The van der Waals surface area contributed by atoms with Crippen LogP contribution in [-0.2, 0) is 6.54 Å². The number of para-hydroxylation sites is 1. The number of hydrogen-bond acceptors (Lipinski definition) is 2. The summed E-state index contributed by atoms with van der Waals surface area (Å²) in [4.78, 5) is 9.04. The minimum absolute atomic E-state index is 0.287. The Morgan fingerprint density at radius 1 is 1.00 bits per heavy atom. The largest absolute Gasteiger partial charge is 0.325 e. The lowest BCUT2D eigenvalue weighted by Crippen LogP contribution is -2.12. The van der Waals surface area contributed by atoms with E-state index >= 15 is 0 Å². The van der Waals surface area contributed by atoms with Gasteiger partial charge in [0.25, 0.3) is 0 Å². The van der Waals surface area contributed by atoms with E-state index in [-0.39, 0.29) is 5.82 Å². The Balaban J connectivity index is 2.01. The summed E-state index contributed by atoms with van der Waals surface area (Å²) >= 11 is 0. The van der Waals surface area contributed by atoms with Crippen molar-refractivity contribution in [2.24, 2.45) is 4.99 Å². The summed E-state index contributed by atoms with van der Waals surface area (Å²) in [5, 5.41) is 0. The highest BCUT2D eigenvalue weighted by atomic mass is 19.1. The second-order valence-electron chi connectivity index (χ2n) is 4.95. The molecule has 0 unspecified atom stereocenters. The van der Waals surface area contributed by atoms with Gasteiger partial charge < -0.3 is 4.57 Å². The third-order valence-electron chi connectivity index (χ3n) is 3.62. The fourth-order valence-electron chi connectivity index (χ4n) is 2.60. The van der Waals surface area contributed by atoms with E-state index in [0.29, 0.717) is 23.6 Å². The number of imidazole rings is 1. The minimum Gasteiger partial charge on any atom is -0.325 e. The van der Waals surface area contributed by atoms with E-state index in [0.717, 1.165) is 11.3 Å². The number of benzene rings is 2. The van der Waals surface area contributed by atoms with Crippen LogP contribution in [0.5, 0.6) is 0 Å².